The van der Waals surface area contributed by atoms with Crippen LogP contribution < -0.4 is 10.1 Å². The van der Waals surface area contributed by atoms with Gasteiger partial charge >= 0.3 is 0 Å². The van der Waals surface area contributed by atoms with Crippen LogP contribution >= 0.6 is 0 Å². The van der Waals surface area contributed by atoms with Crippen molar-refractivity contribution in [3.63, 3.8) is 0 Å². The molecule has 0 fully saturated rings. The molecule has 0 radical (unpaired) electrons. The van der Waals surface area contributed by atoms with Crippen molar-refractivity contribution in [1.82, 2.24) is 9.97 Å². The van der Waals surface area contributed by atoms with E-state index >= 15 is 0 Å². The van der Waals surface area contributed by atoms with Crippen LogP contribution in [-0.4, -0.2) is 22.6 Å². The second-order valence-electron chi connectivity index (χ2n) is 4.88. The fraction of sp³-hybridized carbons (Fsp3) is 0.333. The Morgan fingerprint density at radius 2 is 2.16 bits per heavy atom. The Labute approximate surface area is 112 Å². The van der Waals surface area contributed by atoms with Crippen LogP contribution in [0.3, 0.4) is 0 Å². The molecule has 0 saturated heterocycles. The van der Waals surface area contributed by atoms with Crippen molar-refractivity contribution in [3.8, 4) is 5.75 Å². The predicted octanol–water partition coefficient (Wildman–Crippen LogP) is 2.51. The van der Waals surface area contributed by atoms with Crippen LogP contribution in [0.4, 0.5) is 5.82 Å². The third kappa shape index (κ3) is 2.52. The number of rotatable bonds is 3. The molecule has 0 bridgehead atoms. The van der Waals surface area contributed by atoms with Crippen LogP contribution in [0, 0.1) is 13.8 Å². The van der Waals surface area contributed by atoms with E-state index in [4.69, 9.17) is 4.74 Å². The highest BCUT2D eigenvalue weighted by atomic mass is 16.5. The van der Waals surface area contributed by atoms with E-state index in [0.717, 1.165) is 35.9 Å². The van der Waals surface area contributed by atoms with Crippen LogP contribution in [0.5, 0.6) is 5.75 Å². The SMILES string of the molecule is Cc1cnc(C)c(NCC2Cc3ccccc3O2)n1. The third-order valence-corrected chi connectivity index (χ3v) is 3.29. The molecular formula is C15H17N3O. The molecule has 1 aromatic heterocycles. The number of fused-ring (bicyclic) bond motifs is 1. The van der Waals surface area contributed by atoms with Crippen LogP contribution in [0.15, 0.2) is 30.5 Å². The summed E-state index contributed by atoms with van der Waals surface area (Å²) in [4.78, 5) is 8.75. The third-order valence-electron chi connectivity index (χ3n) is 3.29. The summed E-state index contributed by atoms with van der Waals surface area (Å²) in [6.45, 7) is 4.65. The van der Waals surface area contributed by atoms with Crippen molar-refractivity contribution in [2.24, 2.45) is 0 Å². The molecule has 0 aliphatic carbocycles. The molecule has 0 saturated carbocycles. The Morgan fingerprint density at radius 1 is 1.32 bits per heavy atom. The highest BCUT2D eigenvalue weighted by Gasteiger charge is 2.22. The van der Waals surface area contributed by atoms with Gasteiger partial charge < -0.3 is 10.1 Å². The van der Waals surface area contributed by atoms with Crippen molar-refractivity contribution in [2.45, 2.75) is 26.4 Å². The van der Waals surface area contributed by atoms with Gasteiger partial charge in [-0.25, -0.2) is 4.98 Å². The molecular weight excluding hydrogens is 238 g/mol. The summed E-state index contributed by atoms with van der Waals surface area (Å²) in [7, 11) is 0. The lowest BCUT2D eigenvalue weighted by Crippen LogP contribution is -2.24. The summed E-state index contributed by atoms with van der Waals surface area (Å²) in [5.41, 5.74) is 3.12. The maximum absolute atomic E-state index is 5.89. The quantitative estimate of drug-likeness (QED) is 0.915. The van der Waals surface area contributed by atoms with Crippen molar-refractivity contribution in [1.29, 1.82) is 0 Å². The number of aryl methyl sites for hydroxylation is 2. The lowest BCUT2D eigenvalue weighted by molar-refractivity contribution is 0.246. The van der Waals surface area contributed by atoms with Gasteiger partial charge in [-0.3, -0.25) is 4.98 Å². The van der Waals surface area contributed by atoms with Gasteiger partial charge in [0.15, 0.2) is 0 Å². The second-order valence-corrected chi connectivity index (χ2v) is 4.88. The Kier molecular flexibility index (Phi) is 3.07. The zero-order valence-electron chi connectivity index (χ0n) is 11.2. The van der Waals surface area contributed by atoms with Gasteiger partial charge in [0.1, 0.15) is 17.7 Å². The van der Waals surface area contributed by atoms with Gasteiger partial charge in [-0.05, 0) is 25.5 Å². The van der Waals surface area contributed by atoms with Crippen molar-refractivity contribution in [3.05, 3.63) is 47.4 Å². The first kappa shape index (κ1) is 12.0. The maximum Gasteiger partial charge on any atom is 0.147 e. The summed E-state index contributed by atoms with van der Waals surface area (Å²) < 4.78 is 5.89. The number of nitrogens with one attached hydrogen (secondary N) is 1. The number of ether oxygens (including phenoxy) is 1. The molecule has 1 aliphatic rings. The molecule has 2 heterocycles. The van der Waals surface area contributed by atoms with Crippen molar-refractivity contribution in [2.75, 3.05) is 11.9 Å². The maximum atomic E-state index is 5.89. The number of hydrogen-bond acceptors (Lipinski definition) is 4. The minimum Gasteiger partial charge on any atom is -0.488 e. The molecule has 4 heteroatoms. The van der Waals surface area contributed by atoms with E-state index < -0.39 is 0 Å². The standard InChI is InChI=1S/C15H17N3O/c1-10-8-16-11(2)15(18-10)17-9-13-7-12-5-3-4-6-14(12)19-13/h3-6,8,13H,7,9H2,1-2H3,(H,17,18). The monoisotopic (exact) mass is 255 g/mol. The molecule has 3 rings (SSSR count). The Bertz CT molecular complexity index is 573. The lowest BCUT2D eigenvalue weighted by Gasteiger charge is -2.13. The molecule has 1 aliphatic heterocycles. The molecule has 2 aromatic rings. The highest BCUT2D eigenvalue weighted by Crippen LogP contribution is 2.28. The van der Waals surface area contributed by atoms with Gasteiger partial charge in [0, 0.05) is 12.6 Å². The van der Waals surface area contributed by atoms with Crippen LogP contribution in [0.1, 0.15) is 17.0 Å². The average Bonchev–Trinajstić information content (AvgIpc) is 2.82. The average molecular weight is 255 g/mol. The van der Waals surface area contributed by atoms with Crippen LogP contribution in [0.2, 0.25) is 0 Å². The molecule has 0 spiro atoms. The highest BCUT2D eigenvalue weighted by molar-refractivity contribution is 5.41. The van der Waals surface area contributed by atoms with Gasteiger partial charge in [-0.2, -0.15) is 0 Å². The molecule has 98 valence electrons. The number of para-hydroxylation sites is 1. The molecule has 4 nitrogen and oxygen atoms in total. The number of benzene rings is 1. The fourth-order valence-electron chi connectivity index (χ4n) is 2.28. The van der Waals surface area contributed by atoms with E-state index in [-0.39, 0.29) is 6.10 Å². The smallest absolute Gasteiger partial charge is 0.147 e. The molecule has 1 aromatic carbocycles. The van der Waals surface area contributed by atoms with Crippen LogP contribution in [-0.2, 0) is 6.42 Å². The summed E-state index contributed by atoms with van der Waals surface area (Å²) in [6.07, 6.45) is 2.89. The summed E-state index contributed by atoms with van der Waals surface area (Å²) in [5, 5.41) is 3.33. The Hall–Kier alpha value is -2.10. The summed E-state index contributed by atoms with van der Waals surface area (Å²) >= 11 is 0. The Morgan fingerprint density at radius 3 is 3.00 bits per heavy atom. The normalized spacial score (nSPS) is 16.8. The molecule has 0 amide bonds. The molecule has 19 heavy (non-hydrogen) atoms. The van der Waals surface area contributed by atoms with Gasteiger partial charge in [0.2, 0.25) is 0 Å². The number of anilines is 1. The van der Waals surface area contributed by atoms with Gasteiger partial charge in [-0.1, -0.05) is 18.2 Å². The first-order valence-electron chi connectivity index (χ1n) is 6.51. The van der Waals surface area contributed by atoms with Gasteiger partial charge in [0.05, 0.1) is 17.9 Å². The van der Waals surface area contributed by atoms with Crippen molar-refractivity contribution < 1.29 is 4.74 Å². The first-order valence-corrected chi connectivity index (χ1v) is 6.51. The minimum atomic E-state index is 0.166. The number of hydrogen-bond donors (Lipinski definition) is 1. The first-order chi connectivity index (χ1) is 9.22. The number of aromatic nitrogens is 2. The van der Waals surface area contributed by atoms with Crippen molar-refractivity contribution >= 4 is 5.82 Å². The van der Waals surface area contributed by atoms with E-state index in [9.17, 15) is 0 Å². The zero-order chi connectivity index (χ0) is 13.2. The second kappa shape index (κ2) is 4.88. The van der Waals surface area contributed by atoms with Gasteiger partial charge in [0.25, 0.3) is 0 Å². The van der Waals surface area contributed by atoms with E-state index in [1.165, 1.54) is 5.56 Å². The van der Waals surface area contributed by atoms with Crippen LogP contribution in [0.25, 0.3) is 0 Å². The summed E-state index contributed by atoms with van der Waals surface area (Å²) in [6, 6.07) is 8.19. The Balaban J connectivity index is 1.64. The van der Waals surface area contributed by atoms with Gasteiger partial charge in [-0.15, -0.1) is 0 Å². The van der Waals surface area contributed by atoms with E-state index in [1.807, 2.05) is 32.0 Å². The van der Waals surface area contributed by atoms with E-state index in [2.05, 4.69) is 21.4 Å². The molecule has 1 N–H and O–H groups in total. The number of nitrogens with zero attached hydrogens (tertiary/aromatic N) is 2. The molecule has 1 unspecified atom stereocenters. The zero-order valence-corrected chi connectivity index (χ0v) is 11.2. The van der Waals surface area contributed by atoms with E-state index in [1.54, 1.807) is 6.20 Å². The largest absolute Gasteiger partial charge is 0.488 e. The fourth-order valence-corrected chi connectivity index (χ4v) is 2.28. The summed E-state index contributed by atoms with van der Waals surface area (Å²) in [5.74, 6) is 1.85. The molecule has 1 atom stereocenters. The lowest BCUT2D eigenvalue weighted by atomic mass is 10.1. The van der Waals surface area contributed by atoms with E-state index in [0.29, 0.717) is 0 Å². The minimum absolute atomic E-state index is 0.166. The predicted molar refractivity (Wildman–Crippen MR) is 74.6 cm³/mol. The topological polar surface area (TPSA) is 47.0 Å².